The zero-order chi connectivity index (χ0) is 22.6. The molecule has 1 aromatic carbocycles. The van der Waals surface area contributed by atoms with Gasteiger partial charge in [-0.05, 0) is 49.9 Å². The van der Waals surface area contributed by atoms with Gasteiger partial charge >= 0.3 is 0 Å². The smallest absolute Gasteiger partial charge is 0.243 e. The summed E-state index contributed by atoms with van der Waals surface area (Å²) >= 11 is 5.91. The molecule has 1 unspecified atom stereocenters. The van der Waals surface area contributed by atoms with E-state index in [9.17, 15) is 13.2 Å². The summed E-state index contributed by atoms with van der Waals surface area (Å²) in [7, 11) is -3.64. The standard InChI is InChI=1S/C23H34ClN3O4S/c24-20-6-8-21(9-7-20)32(29,30)27-12-4-5-19(17-27)22(28)25-18-23(10-2-1-3-11-23)26-13-15-31-16-14-26/h6-9,19H,1-5,10-18H2,(H,25,28). The molecule has 0 aromatic heterocycles. The number of hydrogen-bond acceptors (Lipinski definition) is 5. The van der Waals surface area contributed by atoms with Crippen LogP contribution in [0.2, 0.25) is 5.02 Å². The number of halogens is 1. The highest BCUT2D eigenvalue weighted by Crippen LogP contribution is 2.34. The van der Waals surface area contributed by atoms with Gasteiger partial charge in [-0.3, -0.25) is 9.69 Å². The topological polar surface area (TPSA) is 79.0 Å². The lowest BCUT2D eigenvalue weighted by molar-refractivity contribution is -0.127. The molecule has 32 heavy (non-hydrogen) atoms. The number of sulfonamides is 1. The maximum absolute atomic E-state index is 13.1. The minimum Gasteiger partial charge on any atom is -0.379 e. The molecule has 1 aliphatic carbocycles. The van der Waals surface area contributed by atoms with Gasteiger partial charge in [-0.1, -0.05) is 30.9 Å². The van der Waals surface area contributed by atoms with Crippen LogP contribution in [0, 0.1) is 5.92 Å². The van der Waals surface area contributed by atoms with E-state index in [1.807, 2.05) is 0 Å². The van der Waals surface area contributed by atoms with E-state index in [1.54, 1.807) is 12.1 Å². The maximum Gasteiger partial charge on any atom is 0.243 e. The molecule has 9 heteroatoms. The third kappa shape index (κ3) is 5.30. The average molecular weight is 484 g/mol. The SMILES string of the molecule is O=C(NCC1(N2CCOCC2)CCCCC1)C1CCCN(S(=O)(=O)c2ccc(Cl)cc2)C1. The molecule has 7 nitrogen and oxygen atoms in total. The second-order valence-electron chi connectivity index (χ2n) is 9.26. The first kappa shape index (κ1) is 24.0. The van der Waals surface area contributed by atoms with E-state index < -0.39 is 10.0 Å². The summed E-state index contributed by atoms with van der Waals surface area (Å²) in [5, 5.41) is 3.72. The van der Waals surface area contributed by atoms with Crippen molar-refractivity contribution in [1.29, 1.82) is 0 Å². The summed E-state index contributed by atoms with van der Waals surface area (Å²) in [4.78, 5) is 15.9. The van der Waals surface area contributed by atoms with Crippen LogP contribution in [0.15, 0.2) is 29.2 Å². The van der Waals surface area contributed by atoms with Gasteiger partial charge in [0.25, 0.3) is 0 Å². The summed E-state index contributed by atoms with van der Waals surface area (Å²) in [6.45, 7) is 4.60. The predicted molar refractivity (Wildman–Crippen MR) is 124 cm³/mol. The second kappa shape index (κ2) is 10.4. The van der Waals surface area contributed by atoms with Crippen LogP contribution >= 0.6 is 11.6 Å². The maximum atomic E-state index is 13.1. The number of piperidine rings is 1. The number of nitrogens with zero attached hydrogens (tertiary/aromatic N) is 2. The van der Waals surface area contributed by atoms with Gasteiger partial charge in [0.05, 0.1) is 24.0 Å². The Bertz CT molecular complexity index is 881. The molecule has 2 saturated heterocycles. The van der Waals surface area contributed by atoms with E-state index in [0.29, 0.717) is 31.0 Å². The molecule has 4 rings (SSSR count). The number of hydrogen-bond donors (Lipinski definition) is 1. The predicted octanol–water partition coefficient (Wildman–Crippen LogP) is 2.89. The van der Waals surface area contributed by atoms with Crippen molar-refractivity contribution in [3.05, 3.63) is 29.3 Å². The quantitative estimate of drug-likeness (QED) is 0.673. The molecule has 178 valence electrons. The zero-order valence-electron chi connectivity index (χ0n) is 18.6. The molecule has 0 radical (unpaired) electrons. The Balaban J connectivity index is 1.40. The molecule has 3 fully saturated rings. The summed E-state index contributed by atoms with van der Waals surface area (Å²) in [6.07, 6.45) is 7.19. The van der Waals surface area contributed by atoms with Crippen molar-refractivity contribution in [2.75, 3.05) is 45.9 Å². The van der Waals surface area contributed by atoms with Crippen molar-refractivity contribution in [2.24, 2.45) is 5.92 Å². The first-order valence-corrected chi connectivity index (χ1v) is 13.6. The van der Waals surface area contributed by atoms with Crippen molar-refractivity contribution >= 4 is 27.5 Å². The summed E-state index contributed by atoms with van der Waals surface area (Å²) in [5.74, 6) is -0.352. The Hall–Kier alpha value is -1.19. The summed E-state index contributed by atoms with van der Waals surface area (Å²) in [6, 6.07) is 6.21. The average Bonchev–Trinajstić information content (AvgIpc) is 2.84. The van der Waals surface area contributed by atoms with Crippen LogP contribution in [0.1, 0.15) is 44.9 Å². The van der Waals surface area contributed by atoms with Crippen LogP contribution in [-0.4, -0.2) is 75.0 Å². The molecule has 1 aromatic rings. The number of amides is 1. The fraction of sp³-hybridized carbons (Fsp3) is 0.696. The van der Waals surface area contributed by atoms with Crippen LogP contribution in [0.3, 0.4) is 0 Å². The Morgan fingerprint density at radius 2 is 1.75 bits per heavy atom. The fourth-order valence-electron chi connectivity index (χ4n) is 5.38. The molecule has 3 aliphatic rings. The van der Waals surface area contributed by atoms with E-state index >= 15 is 0 Å². The first-order valence-electron chi connectivity index (χ1n) is 11.8. The number of morpholine rings is 1. The van der Waals surface area contributed by atoms with Crippen molar-refractivity contribution < 1.29 is 17.9 Å². The number of rotatable bonds is 6. The molecular weight excluding hydrogens is 450 g/mol. The molecule has 1 N–H and O–H groups in total. The van der Waals surface area contributed by atoms with Gasteiger partial charge in [-0.15, -0.1) is 0 Å². The van der Waals surface area contributed by atoms with Gasteiger partial charge in [-0.25, -0.2) is 8.42 Å². The van der Waals surface area contributed by atoms with Crippen molar-refractivity contribution in [1.82, 2.24) is 14.5 Å². The van der Waals surface area contributed by atoms with Gasteiger partial charge in [-0.2, -0.15) is 4.31 Å². The highest BCUT2D eigenvalue weighted by atomic mass is 35.5. The Morgan fingerprint density at radius 3 is 2.44 bits per heavy atom. The molecule has 0 bridgehead atoms. The highest BCUT2D eigenvalue weighted by Gasteiger charge is 2.40. The van der Waals surface area contributed by atoms with Crippen LogP contribution in [0.4, 0.5) is 0 Å². The third-order valence-electron chi connectivity index (χ3n) is 7.26. The van der Waals surface area contributed by atoms with Crippen LogP contribution in [-0.2, 0) is 19.6 Å². The third-order valence-corrected chi connectivity index (χ3v) is 9.40. The van der Waals surface area contributed by atoms with E-state index in [1.165, 1.54) is 35.7 Å². The normalized spacial score (nSPS) is 25.3. The van der Waals surface area contributed by atoms with E-state index in [2.05, 4.69) is 10.2 Å². The lowest BCUT2D eigenvalue weighted by atomic mass is 9.79. The molecule has 1 saturated carbocycles. The minimum absolute atomic E-state index is 0.00142. The summed E-state index contributed by atoms with van der Waals surface area (Å²) in [5.41, 5.74) is 0.00142. The van der Waals surface area contributed by atoms with Gasteiger partial charge in [0, 0.05) is 43.3 Å². The van der Waals surface area contributed by atoms with Crippen LogP contribution in [0.25, 0.3) is 0 Å². The molecule has 0 spiro atoms. The molecule has 1 amide bonds. The highest BCUT2D eigenvalue weighted by molar-refractivity contribution is 7.89. The van der Waals surface area contributed by atoms with Gasteiger partial charge in [0.15, 0.2) is 0 Å². The number of ether oxygens (including phenoxy) is 1. The van der Waals surface area contributed by atoms with Gasteiger partial charge < -0.3 is 10.1 Å². The Kier molecular flexibility index (Phi) is 7.77. The summed E-state index contributed by atoms with van der Waals surface area (Å²) < 4.78 is 33.1. The monoisotopic (exact) mass is 483 g/mol. The number of carbonyl (C=O) groups is 1. The van der Waals surface area contributed by atoms with E-state index in [0.717, 1.165) is 39.1 Å². The fourth-order valence-corrected chi connectivity index (χ4v) is 7.03. The zero-order valence-corrected chi connectivity index (χ0v) is 20.2. The molecule has 1 atom stereocenters. The van der Waals surface area contributed by atoms with E-state index in [-0.39, 0.29) is 28.8 Å². The molecular formula is C23H34ClN3O4S. The first-order chi connectivity index (χ1) is 15.4. The second-order valence-corrected chi connectivity index (χ2v) is 11.6. The van der Waals surface area contributed by atoms with Gasteiger partial charge in [0.1, 0.15) is 0 Å². The molecule has 2 heterocycles. The van der Waals surface area contributed by atoms with Crippen molar-refractivity contribution in [3.8, 4) is 0 Å². The van der Waals surface area contributed by atoms with Crippen LogP contribution < -0.4 is 5.32 Å². The number of nitrogens with one attached hydrogen (secondary N) is 1. The van der Waals surface area contributed by atoms with E-state index in [4.69, 9.17) is 16.3 Å². The van der Waals surface area contributed by atoms with Crippen molar-refractivity contribution in [3.63, 3.8) is 0 Å². The Labute approximate surface area is 196 Å². The Morgan fingerprint density at radius 1 is 1.06 bits per heavy atom. The van der Waals surface area contributed by atoms with Crippen LogP contribution in [0.5, 0.6) is 0 Å². The number of carbonyl (C=O) groups excluding carboxylic acids is 1. The largest absolute Gasteiger partial charge is 0.379 e. The minimum atomic E-state index is -3.64. The number of benzene rings is 1. The molecule has 2 aliphatic heterocycles. The lowest BCUT2D eigenvalue weighted by Crippen LogP contribution is -2.60. The van der Waals surface area contributed by atoms with Gasteiger partial charge in [0.2, 0.25) is 15.9 Å². The lowest BCUT2D eigenvalue weighted by Gasteiger charge is -2.48. The van der Waals surface area contributed by atoms with Crippen molar-refractivity contribution in [2.45, 2.75) is 55.4 Å².